The second-order valence-corrected chi connectivity index (χ2v) is 5.17. The summed E-state index contributed by atoms with van der Waals surface area (Å²) in [6.45, 7) is 0. The molecule has 0 radical (unpaired) electrons. The fourth-order valence-electron chi connectivity index (χ4n) is 2.08. The van der Waals surface area contributed by atoms with Crippen LogP contribution >= 0.6 is 11.6 Å². The molecule has 1 aromatic heterocycles. The van der Waals surface area contributed by atoms with Crippen LogP contribution in [0.2, 0.25) is 5.28 Å². The second kappa shape index (κ2) is 7.14. The monoisotopic (exact) mass is 342 g/mol. The van der Waals surface area contributed by atoms with Crippen LogP contribution in [0.3, 0.4) is 0 Å². The minimum atomic E-state index is 0.117. The number of nitrogens with zero attached hydrogens (tertiary/aromatic N) is 3. The maximum Gasteiger partial charge on any atom is 0.232 e. The Balaban J connectivity index is 1.87. The van der Waals surface area contributed by atoms with Crippen LogP contribution in [-0.2, 0) is 0 Å². The van der Waals surface area contributed by atoms with Crippen LogP contribution in [0.25, 0.3) is 11.4 Å². The van der Waals surface area contributed by atoms with Crippen molar-refractivity contribution in [3.05, 3.63) is 53.8 Å². The molecular weight excluding hydrogens is 328 g/mol. The summed E-state index contributed by atoms with van der Waals surface area (Å²) in [5, 5.41) is 3.22. The van der Waals surface area contributed by atoms with Crippen LogP contribution in [0.15, 0.2) is 48.5 Å². The molecule has 2 aromatic carbocycles. The molecule has 1 N–H and O–H groups in total. The fraction of sp³-hybridized carbons (Fsp3) is 0.118. The minimum Gasteiger partial charge on any atom is -0.497 e. The molecule has 0 aliphatic carbocycles. The maximum atomic E-state index is 6.03. The summed E-state index contributed by atoms with van der Waals surface area (Å²) in [5.41, 5.74) is 1.64. The summed E-state index contributed by atoms with van der Waals surface area (Å²) < 4.78 is 10.3. The van der Waals surface area contributed by atoms with Crippen molar-refractivity contribution in [1.29, 1.82) is 0 Å². The molecule has 6 nitrogen and oxygen atoms in total. The molecule has 0 fully saturated rings. The van der Waals surface area contributed by atoms with Gasteiger partial charge >= 0.3 is 0 Å². The highest BCUT2D eigenvalue weighted by atomic mass is 35.5. The largest absolute Gasteiger partial charge is 0.497 e. The average molecular weight is 343 g/mol. The van der Waals surface area contributed by atoms with Gasteiger partial charge < -0.3 is 14.8 Å². The minimum absolute atomic E-state index is 0.117. The third-order valence-electron chi connectivity index (χ3n) is 3.30. The molecule has 0 saturated carbocycles. The first-order chi connectivity index (χ1) is 11.7. The molecule has 0 saturated heterocycles. The van der Waals surface area contributed by atoms with Crippen LogP contribution in [0, 0.1) is 0 Å². The molecule has 1 heterocycles. The van der Waals surface area contributed by atoms with Crippen molar-refractivity contribution >= 4 is 23.2 Å². The molecular formula is C17H15ClN4O2. The predicted octanol–water partition coefficient (Wildman–Crippen LogP) is 3.95. The number of halogens is 1. The van der Waals surface area contributed by atoms with E-state index in [0.29, 0.717) is 11.8 Å². The normalized spacial score (nSPS) is 10.3. The number of nitrogens with one attached hydrogen (secondary N) is 1. The number of aromatic nitrogens is 3. The van der Waals surface area contributed by atoms with Gasteiger partial charge in [0.15, 0.2) is 5.82 Å². The molecule has 3 rings (SSSR count). The van der Waals surface area contributed by atoms with Crippen LogP contribution < -0.4 is 14.8 Å². The SMILES string of the molecule is COc1ccc(Nc2nc(Cl)nc(-c3ccc(OC)cc3)n2)cc1. The van der Waals surface area contributed by atoms with Gasteiger partial charge in [-0.15, -0.1) is 0 Å². The van der Waals surface area contributed by atoms with Crippen LogP contribution in [-0.4, -0.2) is 29.2 Å². The zero-order chi connectivity index (χ0) is 16.9. The molecule has 122 valence electrons. The topological polar surface area (TPSA) is 69.2 Å². The van der Waals surface area contributed by atoms with E-state index in [-0.39, 0.29) is 5.28 Å². The lowest BCUT2D eigenvalue weighted by atomic mass is 10.2. The predicted molar refractivity (Wildman–Crippen MR) is 93.1 cm³/mol. The van der Waals surface area contributed by atoms with Gasteiger partial charge in [-0.05, 0) is 60.1 Å². The lowest BCUT2D eigenvalue weighted by Crippen LogP contribution is -2.01. The Morgan fingerprint density at radius 2 is 1.38 bits per heavy atom. The molecule has 0 unspecified atom stereocenters. The lowest BCUT2D eigenvalue weighted by Gasteiger charge is -2.08. The summed E-state index contributed by atoms with van der Waals surface area (Å²) >= 11 is 6.03. The summed E-state index contributed by atoms with van der Waals surface area (Å²) in [4.78, 5) is 12.7. The van der Waals surface area contributed by atoms with Crippen molar-refractivity contribution in [3.63, 3.8) is 0 Å². The molecule has 0 amide bonds. The van der Waals surface area contributed by atoms with E-state index >= 15 is 0 Å². The zero-order valence-corrected chi connectivity index (χ0v) is 13.9. The van der Waals surface area contributed by atoms with Crippen molar-refractivity contribution < 1.29 is 9.47 Å². The van der Waals surface area contributed by atoms with Gasteiger partial charge in [0.25, 0.3) is 0 Å². The first-order valence-corrected chi connectivity index (χ1v) is 7.53. The standard InChI is InChI=1S/C17H15ClN4O2/c1-23-13-7-3-11(4-8-13)15-20-16(18)22-17(21-15)19-12-5-9-14(24-2)10-6-12/h3-10H,1-2H3,(H,19,20,21,22). The van der Waals surface area contributed by atoms with Gasteiger partial charge in [0.05, 0.1) is 14.2 Å². The smallest absolute Gasteiger partial charge is 0.232 e. The van der Waals surface area contributed by atoms with E-state index in [1.165, 1.54) is 0 Å². The third kappa shape index (κ3) is 3.72. The van der Waals surface area contributed by atoms with Gasteiger partial charge in [-0.25, -0.2) is 0 Å². The summed E-state index contributed by atoms with van der Waals surface area (Å²) in [7, 11) is 3.24. The molecule has 24 heavy (non-hydrogen) atoms. The van der Waals surface area contributed by atoms with Crippen molar-refractivity contribution in [2.75, 3.05) is 19.5 Å². The van der Waals surface area contributed by atoms with Crippen LogP contribution in [0.1, 0.15) is 0 Å². The van der Waals surface area contributed by atoms with E-state index in [1.54, 1.807) is 14.2 Å². The maximum absolute atomic E-state index is 6.03. The Morgan fingerprint density at radius 1 is 0.792 bits per heavy atom. The molecule has 0 spiro atoms. The molecule has 7 heteroatoms. The van der Waals surface area contributed by atoms with E-state index in [9.17, 15) is 0 Å². The Labute approximate surface area is 144 Å². The Kier molecular flexibility index (Phi) is 4.77. The number of hydrogen-bond donors (Lipinski definition) is 1. The van der Waals surface area contributed by atoms with Crippen LogP contribution in [0.4, 0.5) is 11.6 Å². The van der Waals surface area contributed by atoms with E-state index in [4.69, 9.17) is 21.1 Å². The van der Waals surface area contributed by atoms with Gasteiger partial charge in [0.1, 0.15) is 11.5 Å². The average Bonchev–Trinajstić information content (AvgIpc) is 2.62. The number of methoxy groups -OCH3 is 2. The summed E-state index contributed by atoms with van der Waals surface area (Å²) in [6.07, 6.45) is 0. The molecule has 0 atom stereocenters. The third-order valence-corrected chi connectivity index (χ3v) is 3.47. The Morgan fingerprint density at radius 3 is 1.96 bits per heavy atom. The fourth-order valence-corrected chi connectivity index (χ4v) is 2.24. The van der Waals surface area contributed by atoms with E-state index in [1.807, 2.05) is 48.5 Å². The molecule has 0 aliphatic heterocycles. The van der Waals surface area contributed by atoms with Gasteiger partial charge in [0.2, 0.25) is 11.2 Å². The second-order valence-electron chi connectivity index (χ2n) is 4.83. The first kappa shape index (κ1) is 16.0. The molecule has 0 aliphatic rings. The molecule has 3 aromatic rings. The Bertz CT molecular complexity index is 823. The number of benzene rings is 2. The number of ether oxygens (including phenoxy) is 2. The van der Waals surface area contributed by atoms with Crippen molar-refractivity contribution in [3.8, 4) is 22.9 Å². The quantitative estimate of drug-likeness (QED) is 0.757. The number of anilines is 2. The van der Waals surface area contributed by atoms with Gasteiger partial charge in [0, 0.05) is 11.3 Å². The Hall–Kier alpha value is -2.86. The van der Waals surface area contributed by atoms with Crippen molar-refractivity contribution in [1.82, 2.24) is 15.0 Å². The van der Waals surface area contributed by atoms with Gasteiger partial charge in [-0.2, -0.15) is 15.0 Å². The lowest BCUT2D eigenvalue weighted by molar-refractivity contribution is 0.415. The first-order valence-electron chi connectivity index (χ1n) is 7.15. The highest BCUT2D eigenvalue weighted by Gasteiger charge is 2.08. The van der Waals surface area contributed by atoms with Crippen LogP contribution in [0.5, 0.6) is 11.5 Å². The van der Waals surface area contributed by atoms with Crippen molar-refractivity contribution in [2.24, 2.45) is 0 Å². The highest BCUT2D eigenvalue weighted by molar-refractivity contribution is 6.28. The number of hydrogen-bond acceptors (Lipinski definition) is 6. The molecule has 0 bridgehead atoms. The highest BCUT2D eigenvalue weighted by Crippen LogP contribution is 2.23. The number of rotatable bonds is 5. The van der Waals surface area contributed by atoms with Gasteiger partial charge in [-0.1, -0.05) is 0 Å². The van der Waals surface area contributed by atoms with Gasteiger partial charge in [-0.3, -0.25) is 0 Å². The summed E-state index contributed by atoms with van der Waals surface area (Å²) in [5.74, 6) is 2.38. The van der Waals surface area contributed by atoms with Crippen molar-refractivity contribution in [2.45, 2.75) is 0 Å². The van der Waals surface area contributed by atoms with E-state index in [2.05, 4.69) is 20.3 Å². The van der Waals surface area contributed by atoms with E-state index in [0.717, 1.165) is 22.7 Å². The zero-order valence-electron chi connectivity index (χ0n) is 13.2. The summed E-state index contributed by atoms with van der Waals surface area (Å²) in [6, 6.07) is 14.8. The van der Waals surface area contributed by atoms with E-state index < -0.39 is 0 Å².